The van der Waals surface area contributed by atoms with E-state index in [4.69, 9.17) is 0 Å². The summed E-state index contributed by atoms with van der Waals surface area (Å²) in [4.78, 5) is 14.2. The lowest BCUT2D eigenvalue weighted by Gasteiger charge is -2.39. The van der Waals surface area contributed by atoms with Gasteiger partial charge in [-0.1, -0.05) is 38.6 Å². The van der Waals surface area contributed by atoms with Crippen molar-refractivity contribution in [2.45, 2.75) is 32.2 Å². The summed E-state index contributed by atoms with van der Waals surface area (Å²) in [5.74, 6) is -0.0478. The van der Waals surface area contributed by atoms with Crippen molar-refractivity contribution in [2.24, 2.45) is 0 Å². The van der Waals surface area contributed by atoms with E-state index in [1.165, 1.54) is 0 Å². The maximum atomic E-state index is 12.5. The lowest BCUT2D eigenvalue weighted by atomic mass is 9.91. The normalized spacial score (nSPS) is 15.2. The first-order valence-electron chi connectivity index (χ1n) is 6.35. The number of rotatable bonds is 4. The molecule has 0 bridgehead atoms. The van der Waals surface area contributed by atoms with Gasteiger partial charge in [-0.2, -0.15) is 0 Å². The molecule has 1 aliphatic heterocycles. The first kappa shape index (κ1) is 12.8. The molecule has 2 rings (SSSR count). The van der Waals surface area contributed by atoms with Crippen LogP contribution in [0.5, 0.6) is 0 Å². The smallest absolute Gasteiger partial charge is 0.259 e. The first-order chi connectivity index (χ1) is 8.61. The number of amides is 1. The standard InChI is InChI=1S/C15H19NO2/c1-4-15(5-2,10-17)16-11(3)12-8-6-7-9-13(12)14(16)18/h6-9,17H,3-5,10H2,1-2H3. The van der Waals surface area contributed by atoms with E-state index in [0.29, 0.717) is 24.1 Å². The summed E-state index contributed by atoms with van der Waals surface area (Å²) in [6, 6.07) is 7.48. The van der Waals surface area contributed by atoms with E-state index < -0.39 is 5.54 Å². The molecule has 1 aliphatic rings. The second-order valence-electron chi connectivity index (χ2n) is 4.72. The van der Waals surface area contributed by atoms with Crippen LogP contribution in [0.4, 0.5) is 0 Å². The monoisotopic (exact) mass is 245 g/mol. The molecular formula is C15H19NO2. The number of hydrogen-bond acceptors (Lipinski definition) is 2. The first-order valence-corrected chi connectivity index (χ1v) is 6.35. The molecule has 0 saturated carbocycles. The molecule has 3 heteroatoms. The van der Waals surface area contributed by atoms with Gasteiger partial charge in [0, 0.05) is 16.8 Å². The number of fused-ring (bicyclic) bond motifs is 1. The summed E-state index contributed by atoms with van der Waals surface area (Å²) in [6.07, 6.45) is 1.41. The van der Waals surface area contributed by atoms with Crippen molar-refractivity contribution in [3.8, 4) is 0 Å². The molecule has 1 N–H and O–H groups in total. The highest BCUT2D eigenvalue weighted by Crippen LogP contribution is 2.39. The molecule has 0 aromatic heterocycles. The van der Waals surface area contributed by atoms with Gasteiger partial charge >= 0.3 is 0 Å². The van der Waals surface area contributed by atoms with Gasteiger partial charge in [0.05, 0.1) is 12.1 Å². The van der Waals surface area contributed by atoms with E-state index in [1.807, 2.05) is 38.1 Å². The molecule has 1 aromatic carbocycles. The van der Waals surface area contributed by atoms with Crippen molar-refractivity contribution in [1.29, 1.82) is 0 Å². The Bertz CT molecular complexity index is 446. The van der Waals surface area contributed by atoms with Crippen molar-refractivity contribution in [3.05, 3.63) is 42.0 Å². The van der Waals surface area contributed by atoms with Gasteiger partial charge in [-0.3, -0.25) is 9.69 Å². The van der Waals surface area contributed by atoms with E-state index in [0.717, 1.165) is 5.56 Å². The molecule has 0 unspecified atom stereocenters. The van der Waals surface area contributed by atoms with Crippen molar-refractivity contribution in [1.82, 2.24) is 4.90 Å². The molecule has 0 fully saturated rings. The third-order valence-corrected chi connectivity index (χ3v) is 4.03. The Balaban J connectivity index is 2.51. The SMILES string of the molecule is C=C1c2ccccc2C(=O)N1C(CC)(CC)CO. The highest BCUT2D eigenvalue weighted by molar-refractivity contribution is 6.09. The van der Waals surface area contributed by atoms with Gasteiger partial charge in [-0.15, -0.1) is 0 Å². The van der Waals surface area contributed by atoms with Crippen molar-refractivity contribution >= 4 is 11.6 Å². The van der Waals surface area contributed by atoms with Crippen LogP contribution in [0.1, 0.15) is 42.6 Å². The Morgan fingerprint density at radius 1 is 1.22 bits per heavy atom. The number of nitrogens with zero attached hydrogens (tertiary/aromatic N) is 1. The quantitative estimate of drug-likeness (QED) is 0.886. The van der Waals surface area contributed by atoms with Crippen LogP contribution in [0.3, 0.4) is 0 Å². The average molecular weight is 245 g/mol. The molecule has 0 spiro atoms. The van der Waals surface area contributed by atoms with Crippen LogP contribution in [0, 0.1) is 0 Å². The van der Waals surface area contributed by atoms with Gasteiger partial charge in [-0.05, 0) is 18.9 Å². The fourth-order valence-corrected chi connectivity index (χ4v) is 2.65. The van der Waals surface area contributed by atoms with E-state index in [-0.39, 0.29) is 12.5 Å². The summed E-state index contributed by atoms with van der Waals surface area (Å²) in [7, 11) is 0. The van der Waals surface area contributed by atoms with E-state index in [1.54, 1.807) is 4.90 Å². The lowest BCUT2D eigenvalue weighted by Crippen LogP contribution is -2.50. The highest BCUT2D eigenvalue weighted by atomic mass is 16.3. The van der Waals surface area contributed by atoms with Crippen molar-refractivity contribution in [2.75, 3.05) is 6.61 Å². The third kappa shape index (κ3) is 1.58. The minimum absolute atomic E-state index is 0.0429. The number of aliphatic hydroxyl groups excluding tert-OH is 1. The lowest BCUT2D eigenvalue weighted by molar-refractivity contribution is 0.0464. The molecule has 3 nitrogen and oxygen atoms in total. The van der Waals surface area contributed by atoms with E-state index >= 15 is 0 Å². The van der Waals surface area contributed by atoms with Gasteiger partial charge in [-0.25, -0.2) is 0 Å². The maximum absolute atomic E-state index is 12.5. The average Bonchev–Trinajstić information content (AvgIpc) is 2.67. The van der Waals surface area contributed by atoms with Gasteiger partial charge in [0.25, 0.3) is 5.91 Å². The molecule has 96 valence electrons. The molecule has 1 amide bonds. The number of hydrogen-bond donors (Lipinski definition) is 1. The molecule has 1 aromatic rings. The Morgan fingerprint density at radius 2 is 1.78 bits per heavy atom. The Hall–Kier alpha value is -1.61. The van der Waals surface area contributed by atoms with Crippen LogP contribution in [0.2, 0.25) is 0 Å². The predicted molar refractivity (Wildman–Crippen MR) is 72.0 cm³/mol. The summed E-state index contributed by atoms with van der Waals surface area (Å²) < 4.78 is 0. The van der Waals surface area contributed by atoms with Gasteiger partial charge in [0.15, 0.2) is 0 Å². The second-order valence-corrected chi connectivity index (χ2v) is 4.72. The van der Waals surface area contributed by atoms with Gasteiger partial charge in [0.2, 0.25) is 0 Å². The number of carbonyl (C=O) groups excluding carboxylic acids is 1. The zero-order chi connectivity index (χ0) is 13.3. The summed E-state index contributed by atoms with van der Waals surface area (Å²) in [5, 5.41) is 9.72. The van der Waals surface area contributed by atoms with Crippen LogP contribution in [-0.2, 0) is 0 Å². The maximum Gasteiger partial charge on any atom is 0.259 e. The largest absolute Gasteiger partial charge is 0.394 e. The third-order valence-electron chi connectivity index (χ3n) is 4.03. The predicted octanol–water partition coefficient (Wildman–Crippen LogP) is 2.66. The minimum atomic E-state index is -0.535. The van der Waals surface area contributed by atoms with E-state index in [2.05, 4.69) is 6.58 Å². The fourth-order valence-electron chi connectivity index (χ4n) is 2.65. The van der Waals surface area contributed by atoms with E-state index in [9.17, 15) is 9.90 Å². The van der Waals surface area contributed by atoms with Gasteiger partial charge in [0.1, 0.15) is 0 Å². The summed E-state index contributed by atoms with van der Waals surface area (Å²) in [5.41, 5.74) is 1.73. The Kier molecular flexibility index (Phi) is 3.26. The molecular weight excluding hydrogens is 226 g/mol. The second kappa shape index (κ2) is 4.58. The molecule has 0 radical (unpaired) electrons. The Morgan fingerprint density at radius 3 is 2.22 bits per heavy atom. The Labute approximate surface area is 108 Å². The molecule has 18 heavy (non-hydrogen) atoms. The minimum Gasteiger partial charge on any atom is -0.394 e. The zero-order valence-electron chi connectivity index (χ0n) is 10.9. The highest BCUT2D eigenvalue weighted by Gasteiger charge is 2.43. The summed E-state index contributed by atoms with van der Waals surface area (Å²) >= 11 is 0. The zero-order valence-corrected chi connectivity index (χ0v) is 10.9. The topological polar surface area (TPSA) is 40.5 Å². The molecule has 0 saturated heterocycles. The van der Waals surface area contributed by atoms with Crippen LogP contribution < -0.4 is 0 Å². The number of carbonyl (C=O) groups is 1. The number of aliphatic hydroxyl groups is 1. The summed E-state index contributed by atoms with van der Waals surface area (Å²) in [6.45, 7) is 7.97. The van der Waals surface area contributed by atoms with Crippen molar-refractivity contribution < 1.29 is 9.90 Å². The number of benzene rings is 1. The van der Waals surface area contributed by atoms with Gasteiger partial charge < -0.3 is 5.11 Å². The molecule has 0 aliphatic carbocycles. The molecule has 0 atom stereocenters. The fraction of sp³-hybridized carbons (Fsp3) is 0.400. The van der Waals surface area contributed by atoms with Crippen molar-refractivity contribution in [3.63, 3.8) is 0 Å². The van der Waals surface area contributed by atoms with Crippen LogP contribution in [0.25, 0.3) is 5.70 Å². The van der Waals surface area contributed by atoms with Crippen LogP contribution >= 0.6 is 0 Å². The molecule has 1 heterocycles. The van der Waals surface area contributed by atoms with Crippen LogP contribution in [0.15, 0.2) is 30.8 Å². The van der Waals surface area contributed by atoms with Crippen LogP contribution in [-0.4, -0.2) is 28.1 Å².